The predicted octanol–water partition coefficient (Wildman–Crippen LogP) is 3.13. The van der Waals surface area contributed by atoms with Crippen LogP contribution in [0.5, 0.6) is 0 Å². The average molecular weight is 469 g/mol. The van der Waals surface area contributed by atoms with Gasteiger partial charge in [-0.15, -0.1) is 10.2 Å². The summed E-state index contributed by atoms with van der Waals surface area (Å²) in [5.41, 5.74) is 3.98. The van der Waals surface area contributed by atoms with Gasteiger partial charge < -0.3 is 9.32 Å². The Hall–Kier alpha value is -3.04. The number of benzene rings is 2. The molecule has 1 aromatic heterocycles. The topological polar surface area (TPSA) is 96.6 Å². The highest BCUT2D eigenvalue weighted by molar-refractivity contribution is 7.89. The first kappa shape index (κ1) is 23.1. The van der Waals surface area contributed by atoms with Gasteiger partial charge in [-0.1, -0.05) is 23.8 Å². The van der Waals surface area contributed by atoms with Crippen LogP contribution in [0.1, 0.15) is 29.0 Å². The Kier molecular flexibility index (Phi) is 6.62. The molecule has 1 saturated heterocycles. The van der Waals surface area contributed by atoms with E-state index in [1.165, 1.54) is 4.31 Å². The van der Waals surface area contributed by atoms with Gasteiger partial charge in [-0.2, -0.15) is 4.31 Å². The van der Waals surface area contributed by atoms with Crippen molar-refractivity contribution in [3.05, 3.63) is 65.0 Å². The Morgan fingerprint density at radius 2 is 1.64 bits per heavy atom. The van der Waals surface area contributed by atoms with Gasteiger partial charge in [0.2, 0.25) is 27.7 Å². The van der Waals surface area contributed by atoms with Gasteiger partial charge in [-0.3, -0.25) is 4.79 Å². The molecule has 1 aliphatic heterocycles. The Morgan fingerprint density at radius 3 is 2.30 bits per heavy atom. The molecule has 0 N–H and O–H groups in total. The van der Waals surface area contributed by atoms with Gasteiger partial charge in [-0.05, 0) is 56.2 Å². The highest BCUT2D eigenvalue weighted by atomic mass is 32.2. The summed E-state index contributed by atoms with van der Waals surface area (Å²) < 4.78 is 33.1. The summed E-state index contributed by atoms with van der Waals surface area (Å²) in [6.07, 6.45) is 0.582. The van der Waals surface area contributed by atoms with Crippen molar-refractivity contribution in [2.75, 3.05) is 26.2 Å². The number of sulfonamides is 1. The first-order valence-electron chi connectivity index (χ1n) is 11.0. The van der Waals surface area contributed by atoms with Gasteiger partial charge >= 0.3 is 0 Å². The summed E-state index contributed by atoms with van der Waals surface area (Å²) in [4.78, 5) is 14.7. The Balaban J connectivity index is 1.31. The van der Waals surface area contributed by atoms with Crippen LogP contribution in [-0.2, 0) is 21.2 Å². The summed E-state index contributed by atoms with van der Waals surface area (Å²) >= 11 is 0. The number of aryl methyl sites for hydroxylation is 4. The van der Waals surface area contributed by atoms with E-state index in [0.717, 1.165) is 22.3 Å². The molecule has 0 aliphatic carbocycles. The second kappa shape index (κ2) is 9.44. The number of aromatic nitrogens is 2. The number of carbonyl (C=O) groups is 1. The maximum Gasteiger partial charge on any atom is 0.247 e. The van der Waals surface area contributed by atoms with E-state index in [1.54, 1.807) is 17.0 Å². The fourth-order valence-electron chi connectivity index (χ4n) is 3.74. The Morgan fingerprint density at radius 1 is 0.939 bits per heavy atom. The zero-order chi connectivity index (χ0) is 23.6. The van der Waals surface area contributed by atoms with Crippen molar-refractivity contribution in [3.8, 4) is 11.5 Å². The van der Waals surface area contributed by atoms with Crippen molar-refractivity contribution in [1.29, 1.82) is 0 Å². The van der Waals surface area contributed by atoms with Crippen LogP contribution in [0.2, 0.25) is 0 Å². The molecule has 1 fully saturated rings. The van der Waals surface area contributed by atoms with E-state index in [-0.39, 0.29) is 25.4 Å². The van der Waals surface area contributed by atoms with E-state index >= 15 is 0 Å². The minimum absolute atomic E-state index is 0.0479. The average Bonchev–Trinajstić information content (AvgIpc) is 3.29. The number of hydrogen-bond acceptors (Lipinski definition) is 6. The van der Waals surface area contributed by atoms with Crippen molar-refractivity contribution < 1.29 is 17.6 Å². The van der Waals surface area contributed by atoms with Crippen LogP contribution in [0.4, 0.5) is 0 Å². The molecule has 0 radical (unpaired) electrons. The number of amides is 1. The Bertz CT molecular complexity index is 1240. The summed E-state index contributed by atoms with van der Waals surface area (Å²) in [5.74, 6) is 0.797. The predicted molar refractivity (Wildman–Crippen MR) is 124 cm³/mol. The van der Waals surface area contributed by atoms with Crippen molar-refractivity contribution in [3.63, 3.8) is 0 Å². The molecule has 8 nitrogen and oxygen atoms in total. The second-order valence-electron chi connectivity index (χ2n) is 8.40. The van der Waals surface area contributed by atoms with Gasteiger partial charge in [0.15, 0.2) is 0 Å². The molecule has 0 bridgehead atoms. The standard InChI is InChI=1S/C24H28N4O4S/c1-17-4-7-20(8-5-17)24-26-25-22(32-24)10-11-23(29)27-12-14-28(15-13-27)33(30,31)21-9-6-18(2)19(3)16-21/h4-9,16H,10-15H2,1-3H3. The molecule has 33 heavy (non-hydrogen) atoms. The van der Waals surface area contributed by atoms with Crippen LogP contribution in [0.15, 0.2) is 51.8 Å². The SMILES string of the molecule is Cc1ccc(-c2nnc(CCC(=O)N3CCN(S(=O)(=O)c4ccc(C)c(C)c4)CC3)o2)cc1. The lowest BCUT2D eigenvalue weighted by Crippen LogP contribution is -2.50. The molecule has 2 heterocycles. The van der Waals surface area contributed by atoms with E-state index < -0.39 is 10.0 Å². The molecular formula is C24H28N4O4S. The minimum atomic E-state index is -3.57. The number of carbonyl (C=O) groups excluding carboxylic acids is 1. The third-order valence-corrected chi connectivity index (χ3v) is 7.92. The molecule has 9 heteroatoms. The summed E-state index contributed by atoms with van der Waals surface area (Å²) in [6.45, 7) is 7.14. The lowest BCUT2D eigenvalue weighted by Gasteiger charge is -2.34. The van der Waals surface area contributed by atoms with Crippen LogP contribution >= 0.6 is 0 Å². The van der Waals surface area contributed by atoms with Crippen LogP contribution in [0.25, 0.3) is 11.5 Å². The normalized spacial score (nSPS) is 15.1. The first-order valence-corrected chi connectivity index (χ1v) is 12.4. The van der Waals surface area contributed by atoms with E-state index in [9.17, 15) is 13.2 Å². The molecule has 174 valence electrons. The number of rotatable bonds is 6. The van der Waals surface area contributed by atoms with E-state index in [4.69, 9.17) is 4.42 Å². The van der Waals surface area contributed by atoms with Crippen LogP contribution in [-0.4, -0.2) is 59.9 Å². The Labute approximate surface area is 194 Å². The third-order valence-electron chi connectivity index (χ3n) is 6.03. The monoisotopic (exact) mass is 468 g/mol. The molecule has 1 amide bonds. The van der Waals surface area contributed by atoms with E-state index in [0.29, 0.717) is 36.2 Å². The summed E-state index contributed by atoms with van der Waals surface area (Å²) in [7, 11) is -3.57. The fourth-order valence-corrected chi connectivity index (χ4v) is 5.25. The van der Waals surface area contributed by atoms with Gasteiger partial charge in [0.25, 0.3) is 0 Å². The molecule has 0 spiro atoms. The molecule has 0 unspecified atom stereocenters. The summed E-state index contributed by atoms with van der Waals surface area (Å²) in [6, 6.07) is 13.0. The van der Waals surface area contributed by atoms with Crippen LogP contribution in [0.3, 0.4) is 0 Å². The molecule has 2 aromatic carbocycles. The van der Waals surface area contributed by atoms with Crippen LogP contribution < -0.4 is 0 Å². The van der Waals surface area contributed by atoms with Gasteiger partial charge in [0, 0.05) is 44.6 Å². The van der Waals surface area contributed by atoms with Gasteiger partial charge in [0.05, 0.1) is 4.90 Å². The molecule has 0 atom stereocenters. The van der Waals surface area contributed by atoms with Crippen molar-refractivity contribution in [1.82, 2.24) is 19.4 Å². The number of nitrogens with zero attached hydrogens (tertiary/aromatic N) is 4. The zero-order valence-electron chi connectivity index (χ0n) is 19.1. The quantitative estimate of drug-likeness (QED) is 0.551. The van der Waals surface area contributed by atoms with Crippen molar-refractivity contribution in [2.45, 2.75) is 38.5 Å². The maximum absolute atomic E-state index is 13.0. The zero-order valence-corrected chi connectivity index (χ0v) is 19.9. The molecule has 0 saturated carbocycles. The van der Waals surface area contributed by atoms with E-state index in [2.05, 4.69) is 10.2 Å². The van der Waals surface area contributed by atoms with Crippen LogP contribution in [0, 0.1) is 20.8 Å². The smallest absolute Gasteiger partial charge is 0.247 e. The number of piperazine rings is 1. The van der Waals surface area contributed by atoms with Crippen molar-refractivity contribution >= 4 is 15.9 Å². The largest absolute Gasteiger partial charge is 0.421 e. The second-order valence-corrected chi connectivity index (χ2v) is 10.3. The lowest BCUT2D eigenvalue weighted by molar-refractivity contribution is -0.132. The lowest BCUT2D eigenvalue weighted by atomic mass is 10.1. The molecule has 1 aliphatic rings. The highest BCUT2D eigenvalue weighted by Crippen LogP contribution is 2.22. The fraction of sp³-hybridized carbons (Fsp3) is 0.375. The number of hydrogen-bond donors (Lipinski definition) is 0. The highest BCUT2D eigenvalue weighted by Gasteiger charge is 2.30. The van der Waals surface area contributed by atoms with Gasteiger partial charge in [-0.25, -0.2) is 8.42 Å². The molecule has 3 aromatic rings. The third kappa shape index (κ3) is 5.15. The van der Waals surface area contributed by atoms with Crippen molar-refractivity contribution in [2.24, 2.45) is 0 Å². The van der Waals surface area contributed by atoms with Gasteiger partial charge in [0.1, 0.15) is 0 Å². The van der Waals surface area contributed by atoms with E-state index in [1.807, 2.05) is 51.1 Å². The maximum atomic E-state index is 13.0. The first-order chi connectivity index (χ1) is 15.7. The summed E-state index contributed by atoms with van der Waals surface area (Å²) in [5, 5.41) is 8.12. The molecular weight excluding hydrogens is 440 g/mol. The minimum Gasteiger partial charge on any atom is -0.421 e. The molecule has 4 rings (SSSR count).